The maximum atomic E-state index is 11.3. The normalized spacial score (nSPS) is 11.4. The van der Waals surface area contributed by atoms with Crippen molar-refractivity contribution < 1.29 is 38.9 Å². The number of nitrogens with zero attached hydrogens (tertiary/aromatic N) is 1. The van der Waals surface area contributed by atoms with Gasteiger partial charge in [-0.3, -0.25) is 13.7 Å². The van der Waals surface area contributed by atoms with E-state index < -0.39 is 30.4 Å². The Hall–Kier alpha value is 2.10. The fourth-order valence-electron chi connectivity index (χ4n) is 2.75. The van der Waals surface area contributed by atoms with Crippen LogP contribution < -0.4 is 4.90 Å². The molecule has 3 aromatic rings. The number of hydrogen-bond acceptors (Lipinski definition) is 7. The predicted molar refractivity (Wildman–Crippen MR) is 128 cm³/mol. The molecule has 0 aliphatic rings. The SMILES string of the molecule is O=S(=O)(O)c1ccc(N(c2ccc(S(=O)(=O)O)cc2)c2ccc(S(=O)(=O)O)cc2)cc1.[K].[K].[K]. The summed E-state index contributed by atoms with van der Waals surface area (Å²) in [6, 6.07) is 15.1. The van der Waals surface area contributed by atoms with Crippen LogP contribution >= 0.6 is 0 Å². The van der Waals surface area contributed by atoms with E-state index >= 15 is 0 Å². The first-order valence-electron chi connectivity index (χ1n) is 8.30. The van der Waals surface area contributed by atoms with Crippen LogP contribution in [-0.2, 0) is 30.4 Å². The van der Waals surface area contributed by atoms with E-state index in [0.29, 0.717) is 17.1 Å². The van der Waals surface area contributed by atoms with Crippen molar-refractivity contribution >= 4 is 202 Å². The Morgan fingerprint density at radius 1 is 0.412 bits per heavy atom. The van der Waals surface area contributed by atoms with Crippen molar-refractivity contribution in [1.82, 2.24) is 0 Å². The number of hydrogen-bond donors (Lipinski definition) is 3. The minimum atomic E-state index is -4.43. The number of benzene rings is 3. The van der Waals surface area contributed by atoms with Crippen molar-refractivity contribution in [2.75, 3.05) is 4.90 Å². The van der Waals surface area contributed by atoms with Gasteiger partial charge < -0.3 is 4.90 Å². The summed E-state index contributed by atoms with van der Waals surface area (Å²) < 4.78 is 95.3. The van der Waals surface area contributed by atoms with Gasteiger partial charge in [-0.25, -0.2) is 0 Å². The van der Waals surface area contributed by atoms with Gasteiger partial charge in [0.05, 0.1) is 14.7 Å². The molecule has 0 fully saturated rings. The van der Waals surface area contributed by atoms with Crippen LogP contribution in [0.15, 0.2) is 87.5 Å². The van der Waals surface area contributed by atoms with E-state index in [9.17, 15) is 25.3 Å². The van der Waals surface area contributed by atoms with E-state index in [1.54, 1.807) is 0 Å². The molecule has 0 saturated carbocycles. The average molecular weight is 603 g/mol. The van der Waals surface area contributed by atoms with Crippen LogP contribution in [0.25, 0.3) is 0 Å². The molecular formula is C18H15K3NO9S3. The van der Waals surface area contributed by atoms with Crippen LogP contribution in [0.4, 0.5) is 17.1 Å². The van der Waals surface area contributed by atoms with Crippen molar-refractivity contribution in [3.8, 4) is 0 Å². The molecule has 0 aliphatic carbocycles. The maximum absolute atomic E-state index is 11.3. The van der Waals surface area contributed by atoms with Crippen LogP contribution in [0.1, 0.15) is 0 Å². The second-order valence-corrected chi connectivity index (χ2v) is 10.5. The molecule has 16 heteroatoms. The maximum Gasteiger partial charge on any atom is 0.294 e. The van der Waals surface area contributed by atoms with Crippen LogP contribution in [0, 0.1) is 0 Å². The zero-order valence-electron chi connectivity index (χ0n) is 18.4. The summed E-state index contributed by atoms with van der Waals surface area (Å²) in [5.74, 6) is 0. The molecule has 10 nitrogen and oxygen atoms in total. The first-order chi connectivity index (χ1) is 14.3. The van der Waals surface area contributed by atoms with Gasteiger partial charge in [0.1, 0.15) is 0 Å². The van der Waals surface area contributed by atoms with Gasteiger partial charge >= 0.3 is 0 Å². The topological polar surface area (TPSA) is 166 Å². The standard InChI is InChI=1S/C18H15NO9S3.3K/c20-29(21,22)16-7-1-13(2-8-16)19(14-3-9-17(10-4-14)30(23,24)25)15-5-11-18(12-6-15)31(26,27)28;;;/h1-12H,(H,20,21,22)(H,23,24,25)(H,26,27,28);;;. The van der Waals surface area contributed by atoms with Gasteiger partial charge in [0.2, 0.25) is 0 Å². The molecular weight excluding hydrogens is 588 g/mol. The molecule has 34 heavy (non-hydrogen) atoms. The third-order valence-electron chi connectivity index (χ3n) is 4.18. The van der Waals surface area contributed by atoms with Crippen molar-refractivity contribution in [1.29, 1.82) is 0 Å². The largest absolute Gasteiger partial charge is 0.311 e. The molecule has 0 bridgehead atoms. The van der Waals surface area contributed by atoms with Crippen LogP contribution in [0.5, 0.6) is 0 Å². The zero-order valence-corrected chi connectivity index (χ0v) is 30.2. The molecule has 0 amide bonds. The van der Waals surface area contributed by atoms with Crippen LogP contribution in [0.3, 0.4) is 0 Å². The summed E-state index contributed by atoms with van der Waals surface area (Å²) in [4.78, 5) is 0.480. The van der Waals surface area contributed by atoms with Gasteiger partial charge in [-0.15, -0.1) is 0 Å². The fourth-order valence-corrected chi connectivity index (χ4v) is 4.19. The Kier molecular flexibility index (Phi) is 15.4. The summed E-state index contributed by atoms with van der Waals surface area (Å²) in [5.41, 5.74) is 1.14. The average Bonchev–Trinajstić information content (AvgIpc) is 2.67. The molecule has 3 rings (SSSR count). The third kappa shape index (κ3) is 9.69. The molecule has 0 aliphatic heterocycles. The van der Waals surface area contributed by atoms with Gasteiger partial charge in [0.25, 0.3) is 30.4 Å². The summed E-state index contributed by atoms with van der Waals surface area (Å²) in [7, 11) is -13.3. The molecule has 0 spiro atoms. The molecule has 0 aromatic heterocycles. The van der Waals surface area contributed by atoms with Gasteiger partial charge in [-0.2, -0.15) is 25.3 Å². The smallest absolute Gasteiger partial charge is 0.294 e. The molecule has 3 radical (unpaired) electrons. The summed E-state index contributed by atoms with van der Waals surface area (Å²) in [5, 5.41) is 0. The van der Waals surface area contributed by atoms with E-state index in [1.165, 1.54) is 41.3 Å². The van der Waals surface area contributed by atoms with Crippen molar-refractivity contribution in [3.05, 3.63) is 72.8 Å². The number of anilines is 3. The van der Waals surface area contributed by atoms with Crippen LogP contribution in [-0.4, -0.2) is 193 Å². The Balaban J connectivity index is 0.00000363. The van der Waals surface area contributed by atoms with Gasteiger partial charge in [0, 0.05) is 171 Å². The summed E-state index contributed by atoms with van der Waals surface area (Å²) in [6.07, 6.45) is 0. The Labute approximate surface area is 325 Å². The Morgan fingerprint density at radius 3 is 0.735 bits per heavy atom. The molecule has 0 saturated heterocycles. The number of rotatable bonds is 6. The van der Waals surface area contributed by atoms with E-state index in [-0.39, 0.29) is 169 Å². The molecule has 0 unspecified atom stereocenters. The van der Waals surface area contributed by atoms with Gasteiger partial charge in [0.15, 0.2) is 0 Å². The molecule has 3 N–H and O–H groups in total. The molecule has 167 valence electrons. The van der Waals surface area contributed by atoms with E-state index in [1.807, 2.05) is 0 Å². The minimum absolute atomic E-state index is 0. The second-order valence-electron chi connectivity index (χ2n) is 6.24. The summed E-state index contributed by atoms with van der Waals surface area (Å²) >= 11 is 0. The van der Waals surface area contributed by atoms with Crippen molar-refractivity contribution in [2.24, 2.45) is 0 Å². The van der Waals surface area contributed by atoms with Gasteiger partial charge in [-0.05, 0) is 72.8 Å². The minimum Gasteiger partial charge on any atom is -0.311 e. The van der Waals surface area contributed by atoms with Crippen molar-refractivity contribution in [2.45, 2.75) is 14.7 Å². The second kappa shape index (κ2) is 14.5. The van der Waals surface area contributed by atoms with E-state index in [0.717, 1.165) is 36.4 Å². The molecule has 0 atom stereocenters. The van der Waals surface area contributed by atoms with E-state index in [2.05, 4.69) is 0 Å². The Bertz CT molecular complexity index is 1250. The van der Waals surface area contributed by atoms with Crippen molar-refractivity contribution in [3.63, 3.8) is 0 Å². The first-order valence-corrected chi connectivity index (χ1v) is 12.6. The summed E-state index contributed by atoms with van der Waals surface area (Å²) in [6.45, 7) is 0. The van der Waals surface area contributed by atoms with Crippen LogP contribution in [0.2, 0.25) is 0 Å². The fraction of sp³-hybridized carbons (Fsp3) is 0. The van der Waals surface area contributed by atoms with Gasteiger partial charge in [-0.1, -0.05) is 0 Å². The predicted octanol–water partition coefficient (Wildman–Crippen LogP) is 1.75. The third-order valence-corrected chi connectivity index (χ3v) is 6.78. The zero-order chi connectivity index (χ0) is 23.0. The van der Waals surface area contributed by atoms with E-state index in [4.69, 9.17) is 13.7 Å². The Morgan fingerprint density at radius 2 is 0.588 bits per heavy atom. The monoisotopic (exact) mass is 602 g/mol. The first kappa shape index (κ1) is 36.1. The quantitative estimate of drug-likeness (QED) is 0.279. The molecule has 3 aromatic carbocycles. The molecule has 0 heterocycles.